The zero-order valence-corrected chi connectivity index (χ0v) is 13.9. The van der Waals surface area contributed by atoms with Crippen LogP contribution < -0.4 is 0 Å². The lowest BCUT2D eigenvalue weighted by molar-refractivity contribution is -0.137. The maximum atomic E-state index is 12.3. The van der Waals surface area contributed by atoms with Gasteiger partial charge in [0.05, 0.1) is 0 Å². The van der Waals surface area contributed by atoms with Crippen LogP contribution in [-0.2, 0) is 10.2 Å². The van der Waals surface area contributed by atoms with Crippen molar-refractivity contribution >= 4 is 11.8 Å². The number of benzene rings is 1. The molecule has 21 heavy (non-hydrogen) atoms. The van der Waals surface area contributed by atoms with Crippen molar-refractivity contribution in [2.24, 2.45) is 5.92 Å². The summed E-state index contributed by atoms with van der Waals surface area (Å²) in [5, 5.41) is 8.77. The fourth-order valence-corrected chi connectivity index (χ4v) is 3.11. The summed E-state index contributed by atoms with van der Waals surface area (Å²) in [5.41, 5.74) is 4.26. The third kappa shape index (κ3) is 4.69. The van der Waals surface area contributed by atoms with Crippen molar-refractivity contribution in [1.29, 1.82) is 0 Å². The van der Waals surface area contributed by atoms with Crippen molar-refractivity contribution in [3.63, 3.8) is 0 Å². The molecule has 0 saturated heterocycles. The number of ketones is 1. The normalized spacial score (nSPS) is 13.0. The van der Waals surface area contributed by atoms with Crippen molar-refractivity contribution in [1.82, 2.24) is 0 Å². The Morgan fingerprint density at radius 3 is 1.95 bits per heavy atom. The van der Waals surface area contributed by atoms with Crippen molar-refractivity contribution in [2.45, 2.75) is 59.8 Å². The van der Waals surface area contributed by atoms with E-state index < -0.39 is 5.97 Å². The number of hydrogen-bond acceptors (Lipinski definition) is 2. The third-order valence-electron chi connectivity index (χ3n) is 3.66. The van der Waals surface area contributed by atoms with Crippen LogP contribution in [0.4, 0.5) is 0 Å². The van der Waals surface area contributed by atoms with Crippen molar-refractivity contribution in [3.8, 4) is 0 Å². The Bertz CT molecular complexity index is 527. The molecule has 0 aromatic heterocycles. The van der Waals surface area contributed by atoms with Crippen LogP contribution in [0, 0.1) is 19.8 Å². The zero-order chi connectivity index (χ0) is 16.4. The first-order valence-corrected chi connectivity index (χ1v) is 7.39. The molecule has 0 aliphatic carbocycles. The zero-order valence-electron chi connectivity index (χ0n) is 13.9. The number of rotatable bonds is 5. The lowest BCUT2D eigenvalue weighted by Gasteiger charge is -2.25. The number of aliphatic carboxylic acids is 1. The van der Waals surface area contributed by atoms with Gasteiger partial charge in [0.1, 0.15) is 0 Å². The Balaban J connectivity index is 3.01. The average molecular weight is 290 g/mol. The SMILES string of the molecule is Cc1cc(C(=O)C[C@@H](C)CC(=O)O)cc(C)c1C(C)(C)C. The molecule has 0 aliphatic rings. The fourth-order valence-electron chi connectivity index (χ4n) is 3.11. The van der Waals surface area contributed by atoms with Crippen LogP contribution in [0.15, 0.2) is 12.1 Å². The number of carbonyl (C=O) groups is 2. The second-order valence-electron chi connectivity index (χ2n) is 7.07. The first-order valence-electron chi connectivity index (χ1n) is 7.39. The van der Waals surface area contributed by atoms with Crippen molar-refractivity contribution in [3.05, 3.63) is 34.4 Å². The highest BCUT2D eigenvalue weighted by molar-refractivity contribution is 5.97. The van der Waals surface area contributed by atoms with Crippen LogP contribution in [0.1, 0.15) is 67.6 Å². The molecule has 0 fully saturated rings. The molecule has 0 saturated carbocycles. The molecule has 3 nitrogen and oxygen atoms in total. The number of hydrogen-bond donors (Lipinski definition) is 1. The van der Waals surface area contributed by atoms with Gasteiger partial charge in [-0.1, -0.05) is 27.7 Å². The fraction of sp³-hybridized carbons (Fsp3) is 0.556. The van der Waals surface area contributed by atoms with E-state index in [9.17, 15) is 9.59 Å². The molecule has 1 rings (SSSR count). The molecular weight excluding hydrogens is 264 g/mol. The van der Waals surface area contributed by atoms with E-state index in [4.69, 9.17) is 5.11 Å². The maximum absolute atomic E-state index is 12.3. The monoisotopic (exact) mass is 290 g/mol. The minimum atomic E-state index is -0.856. The molecule has 0 spiro atoms. The van der Waals surface area contributed by atoms with Gasteiger partial charge >= 0.3 is 5.97 Å². The van der Waals surface area contributed by atoms with Crippen LogP contribution in [0.2, 0.25) is 0 Å². The smallest absolute Gasteiger partial charge is 0.303 e. The van der Waals surface area contributed by atoms with Crippen LogP contribution >= 0.6 is 0 Å². The standard InChI is InChI=1S/C18H26O3/c1-11(8-16(20)21)7-15(19)14-9-12(2)17(13(3)10-14)18(4,5)6/h9-11H,7-8H2,1-6H3,(H,20,21)/t11-/m1/s1. The Hall–Kier alpha value is -1.64. The van der Waals surface area contributed by atoms with Gasteiger partial charge in [-0.3, -0.25) is 9.59 Å². The summed E-state index contributed by atoms with van der Waals surface area (Å²) in [5.74, 6) is -0.973. The van der Waals surface area contributed by atoms with Gasteiger partial charge in [-0.15, -0.1) is 0 Å². The molecule has 0 unspecified atom stereocenters. The third-order valence-corrected chi connectivity index (χ3v) is 3.66. The molecule has 0 bridgehead atoms. The first kappa shape index (κ1) is 17.4. The highest BCUT2D eigenvalue weighted by Crippen LogP contribution is 2.30. The molecule has 3 heteroatoms. The van der Waals surface area contributed by atoms with Gasteiger partial charge in [-0.05, 0) is 54.0 Å². The molecule has 1 aromatic carbocycles. The van der Waals surface area contributed by atoms with Gasteiger partial charge in [0.15, 0.2) is 5.78 Å². The highest BCUT2D eigenvalue weighted by atomic mass is 16.4. The number of carboxylic acids is 1. The molecule has 1 N–H and O–H groups in total. The maximum Gasteiger partial charge on any atom is 0.303 e. The van der Waals surface area contributed by atoms with E-state index in [0.29, 0.717) is 5.56 Å². The Morgan fingerprint density at radius 2 is 1.57 bits per heavy atom. The molecule has 0 amide bonds. The largest absolute Gasteiger partial charge is 0.481 e. The molecule has 1 aromatic rings. The number of carboxylic acid groups (broad SMARTS) is 1. The van der Waals surface area contributed by atoms with Gasteiger partial charge in [-0.2, -0.15) is 0 Å². The van der Waals surface area contributed by atoms with Crippen LogP contribution in [0.5, 0.6) is 0 Å². The minimum Gasteiger partial charge on any atom is -0.481 e. The van der Waals surface area contributed by atoms with Crippen LogP contribution in [-0.4, -0.2) is 16.9 Å². The van der Waals surface area contributed by atoms with Gasteiger partial charge in [0.25, 0.3) is 0 Å². The number of Topliss-reactive ketones (excluding diaryl/α,β-unsaturated/α-hetero) is 1. The first-order chi connectivity index (χ1) is 9.52. The van der Waals surface area contributed by atoms with Crippen LogP contribution in [0.3, 0.4) is 0 Å². The lowest BCUT2D eigenvalue weighted by Crippen LogP contribution is -2.17. The Labute approximate surface area is 127 Å². The average Bonchev–Trinajstić information content (AvgIpc) is 2.24. The summed E-state index contributed by atoms with van der Waals surface area (Å²) in [6, 6.07) is 3.87. The van der Waals surface area contributed by atoms with E-state index in [-0.39, 0.29) is 30.0 Å². The van der Waals surface area contributed by atoms with E-state index in [2.05, 4.69) is 20.8 Å². The predicted octanol–water partition coefficient (Wildman–Crippen LogP) is 4.28. The van der Waals surface area contributed by atoms with Crippen molar-refractivity contribution < 1.29 is 14.7 Å². The Morgan fingerprint density at radius 1 is 1.10 bits per heavy atom. The highest BCUT2D eigenvalue weighted by Gasteiger charge is 2.21. The van der Waals surface area contributed by atoms with E-state index >= 15 is 0 Å². The number of carbonyl (C=O) groups excluding carboxylic acids is 1. The summed E-state index contributed by atoms with van der Waals surface area (Å²) in [7, 11) is 0. The molecule has 116 valence electrons. The number of aryl methyl sites for hydroxylation is 2. The second-order valence-corrected chi connectivity index (χ2v) is 7.07. The molecule has 0 heterocycles. The lowest BCUT2D eigenvalue weighted by atomic mass is 9.80. The quantitative estimate of drug-likeness (QED) is 0.823. The van der Waals surface area contributed by atoms with E-state index in [1.54, 1.807) is 6.92 Å². The summed E-state index contributed by atoms with van der Waals surface area (Å²) in [6.45, 7) is 12.4. The molecule has 0 aliphatic heterocycles. The minimum absolute atomic E-state index is 0.0235. The van der Waals surface area contributed by atoms with Crippen LogP contribution in [0.25, 0.3) is 0 Å². The molecule has 0 radical (unpaired) electrons. The van der Waals surface area contributed by atoms with Gasteiger partial charge in [0, 0.05) is 18.4 Å². The van der Waals surface area contributed by atoms with Gasteiger partial charge in [0.2, 0.25) is 0 Å². The summed E-state index contributed by atoms with van der Waals surface area (Å²) in [4.78, 5) is 23.0. The summed E-state index contributed by atoms with van der Waals surface area (Å²) in [6.07, 6.45) is 0.309. The molecule has 1 atom stereocenters. The topological polar surface area (TPSA) is 54.4 Å². The Kier molecular flexibility index (Phi) is 5.32. The summed E-state index contributed by atoms with van der Waals surface area (Å²) >= 11 is 0. The molecular formula is C18H26O3. The van der Waals surface area contributed by atoms with Gasteiger partial charge < -0.3 is 5.11 Å². The second kappa shape index (κ2) is 6.42. The van der Waals surface area contributed by atoms with E-state index in [1.807, 2.05) is 26.0 Å². The summed E-state index contributed by atoms with van der Waals surface area (Å²) < 4.78 is 0. The van der Waals surface area contributed by atoms with E-state index in [0.717, 1.165) is 11.1 Å². The van der Waals surface area contributed by atoms with E-state index in [1.165, 1.54) is 5.56 Å². The van der Waals surface area contributed by atoms with Crippen molar-refractivity contribution in [2.75, 3.05) is 0 Å². The predicted molar refractivity (Wildman–Crippen MR) is 85.0 cm³/mol. The van der Waals surface area contributed by atoms with Gasteiger partial charge in [-0.25, -0.2) is 0 Å².